The van der Waals surface area contributed by atoms with Crippen molar-refractivity contribution >= 4 is 23.5 Å². The van der Waals surface area contributed by atoms with Gasteiger partial charge in [-0.3, -0.25) is 9.69 Å². The largest absolute Gasteiger partial charge is 0.478 e. The molecule has 2 aromatic rings. The number of amides is 1. The van der Waals surface area contributed by atoms with Crippen LogP contribution in [0, 0.1) is 0 Å². The lowest BCUT2D eigenvalue weighted by atomic mass is 10.1. The van der Waals surface area contributed by atoms with E-state index in [9.17, 15) is 9.59 Å². The van der Waals surface area contributed by atoms with Gasteiger partial charge < -0.3 is 10.0 Å². The number of hydrogen-bond donors (Lipinski definition) is 1. The molecule has 0 bridgehead atoms. The molecule has 1 N–H and O–H groups in total. The monoisotopic (exact) mass is 372 g/mol. The quantitative estimate of drug-likeness (QED) is 0.876. The molecule has 2 aromatic carbocycles. The number of rotatable bonds is 5. The van der Waals surface area contributed by atoms with Crippen LogP contribution in [0.4, 0.5) is 0 Å². The molecule has 1 heterocycles. The Morgan fingerprint density at radius 2 is 1.62 bits per heavy atom. The lowest BCUT2D eigenvalue weighted by Gasteiger charge is -2.35. The standard InChI is InChI=1S/C20H21ClN2O3/c21-18-4-2-1-3-17(18)13-19(24)23-11-9-22(10-12-23)14-15-5-7-16(8-6-15)20(25)26/h1-8H,9-14H2,(H,25,26). The molecule has 0 aliphatic carbocycles. The number of carboxylic acids is 1. The number of carboxylic acid groups (broad SMARTS) is 1. The maximum atomic E-state index is 12.5. The number of hydrogen-bond acceptors (Lipinski definition) is 3. The van der Waals surface area contributed by atoms with Crippen molar-refractivity contribution in [1.82, 2.24) is 9.80 Å². The lowest BCUT2D eigenvalue weighted by Crippen LogP contribution is -2.48. The van der Waals surface area contributed by atoms with E-state index in [4.69, 9.17) is 16.7 Å². The number of carbonyl (C=O) groups excluding carboxylic acids is 1. The minimum absolute atomic E-state index is 0.101. The van der Waals surface area contributed by atoms with Gasteiger partial charge in [0.05, 0.1) is 12.0 Å². The molecule has 3 rings (SSSR count). The summed E-state index contributed by atoms with van der Waals surface area (Å²) >= 11 is 6.14. The second-order valence-electron chi connectivity index (χ2n) is 6.43. The number of carbonyl (C=O) groups is 2. The summed E-state index contributed by atoms with van der Waals surface area (Å²) in [7, 11) is 0. The smallest absolute Gasteiger partial charge is 0.335 e. The van der Waals surface area contributed by atoms with E-state index in [0.29, 0.717) is 30.1 Å². The number of piperazine rings is 1. The summed E-state index contributed by atoms with van der Waals surface area (Å²) < 4.78 is 0. The molecular weight excluding hydrogens is 352 g/mol. The van der Waals surface area contributed by atoms with Crippen LogP contribution >= 0.6 is 11.6 Å². The minimum Gasteiger partial charge on any atom is -0.478 e. The van der Waals surface area contributed by atoms with Gasteiger partial charge in [0.2, 0.25) is 5.91 Å². The molecule has 1 fully saturated rings. The number of nitrogens with zero attached hydrogens (tertiary/aromatic N) is 2. The van der Waals surface area contributed by atoms with Crippen molar-refractivity contribution in [2.45, 2.75) is 13.0 Å². The lowest BCUT2D eigenvalue weighted by molar-refractivity contribution is -0.132. The summed E-state index contributed by atoms with van der Waals surface area (Å²) in [6.07, 6.45) is 0.330. The first-order valence-electron chi connectivity index (χ1n) is 8.58. The number of halogens is 1. The summed E-state index contributed by atoms with van der Waals surface area (Å²) in [4.78, 5) is 27.5. The summed E-state index contributed by atoms with van der Waals surface area (Å²) in [5.74, 6) is -0.814. The van der Waals surface area contributed by atoms with Gasteiger partial charge in [-0.25, -0.2) is 4.79 Å². The molecule has 26 heavy (non-hydrogen) atoms. The van der Waals surface area contributed by atoms with Crippen LogP contribution < -0.4 is 0 Å². The molecule has 1 aliphatic heterocycles. The molecule has 0 spiro atoms. The third kappa shape index (κ3) is 4.62. The van der Waals surface area contributed by atoms with Crippen LogP contribution in [0.3, 0.4) is 0 Å². The van der Waals surface area contributed by atoms with Crippen molar-refractivity contribution in [1.29, 1.82) is 0 Å². The predicted molar refractivity (Wildman–Crippen MR) is 100 cm³/mol. The van der Waals surface area contributed by atoms with E-state index < -0.39 is 5.97 Å². The van der Waals surface area contributed by atoms with Crippen LogP contribution in [-0.4, -0.2) is 53.0 Å². The van der Waals surface area contributed by atoms with Gasteiger partial charge in [-0.1, -0.05) is 41.9 Å². The fourth-order valence-corrected chi connectivity index (χ4v) is 3.29. The van der Waals surface area contributed by atoms with Crippen molar-refractivity contribution in [2.75, 3.05) is 26.2 Å². The van der Waals surface area contributed by atoms with Gasteiger partial charge in [-0.15, -0.1) is 0 Å². The van der Waals surface area contributed by atoms with E-state index in [2.05, 4.69) is 4.90 Å². The Morgan fingerprint density at radius 3 is 2.23 bits per heavy atom. The molecule has 5 nitrogen and oxygen atoms in total. The Balaban J connectivity index is 1.50. The summed E-state index contributed by atoms with van der Waals surface area (Å²) in [5.41, 5.74) is 2.23. The van der Waals surface area contributed by atoms with Gasteiger partial charge in [0.1, 0.15) is 0 Å². The van der Waals surface area contributed by atoms with Gasteiger partial charge >= 0.3 is 5.97 Å². The molecular formula is C20H21ClN2O3. The number of aromatic carboxylic acids is 1. The molecule has 1 amide bonds. The average Bonchev–Trinajstić information content (AvgIpc) is 2.64. The molecule has 0 aromatic heterocycles. The van der Waals surface area contributed by atoms with Gasteiger partial charge in [0, 0.05) is 37.7 Å². The zero-order valence-electron chi connectivity index (χ0n) is 14.4. The Morgan fingerprint density at radius 1 is 0.962 bits per heavy atom. The van der Waals surface area contributed by atoms with Gasteiger partial charge in [0.15, 0.2) is 0 Å². The normalized spacial score (nSPS) is 15.0. The molecule has 0 atom stereocenters. The van der Waals surface area contributed by atoms with Crippen molar-refractivity contribution < 1.29 is 14.7 Å². The molecule has 0 unspecified atom stereocenters. The van der Waals surface area contributed by atoms with Crippen LogP contribution in [0.1, 0.15) is 21.5 Å². The first-order chi connectivity index (χ1) is 12.5. The third-order valence-corrected chi connectivity index (χ3v) is 5.00. The Hall–Kier alpha value is -2.37. The molecule has 0 saturated carbocycles. The van der Waals surface area contributed by atoms with E-state index in [-0.39, 0.29) is 5.91 Å². The molecule has 1 saturated heterocycles. The fourth-order valence-electron chi connectivity index (χ4n) is 3.08. The zero-order chi connectivity index (χ0) is 18.5. The highest BCUT2D eigenvalue weighted by atomic mass is 35.5. The van der Waals surface area contributed by atoms with E-state index in [1.54, 1.807) is 18.2 Å². The highest BCUT2D eigenvalue weighted by Gasteiger charge is 2.21. The second-order valence-corrected chi connectivity index (χ2v) is 6.83. The van der Waals surface area contributed by atoms with E-state index in [0.717, 1.165) is 30.8 Å². The maximum absolute atomic E-state index is 12.5. The van der Waals surface area contributed by atoms with E-state index in [1.165, 1.54) is 0 Å². The molecule has 1 aliphatic rings. The zero-order valence-corrected chi connectivity index (χ0v) is 15.2. The minimum atomic E-state index is -0.915. The third-order valence-electron chi connectivity index (χ3n) is 4.63. The first kappa shape index (κ1) is 18.4. The van der Waals surface area contributed by atoms with Crippen LogP contribution in [0.2, 0.25) is 5.02 Å². The van der Waals surface area contributed by atoms with Crippen molar-refractivity contribution in [3.8, 4) is 0 Å². The Bertz CT molecular complexity index is 784. The van der Waals surface area contributed by atoms with Gasteiger partial charge in [-0.2, -0.15) is 0 Å². The highest BCUT2D eigenvalue weighted by molar-refractivity contribution is 6.31. The van der Waals surface area contributed by atoms with Crippen LogP contribution in [0.5, 0.6) is 0 Å². The fraction of sp³-hybridized carbons (Fsp3) is 0.300. The Kier molecular flexibility index (Phi) is 5.91. The van der Waals surface area contributed by atoms with Crippen LogP contribution in [-0.2, 0) is 17.8 Å². The second kappa shape index (κ2) is 8.34. The molecule has 6 heteroatoms. The molecule has 136 valence electrons. The highest BCUT2D eigenvalue weighted by Crippen LogP contribution is 2.17. The van der Waals surface area contributed by atoms with E-state index in [1.807, 2.05) is 35.2 Å². The summed E-state index contributed by atoms with van der Waals surface area (Å²) in [5, 5.41) is 9.57. The summed E-state index contributed by atoms with van der Waals surface area (Å²) in [6, 6.07) is 14.4. The van der Waals surface area contributed by atoms with Crippen molar-refractivity contribution in [3.63, 3.8) is 0 Å². The number of benzene rings is 2. The topological polar surface area (TPSA) is 60.9 Å². The molecule has 0 radical (unpaired) electrons. The van der Waals surface area contributed by atoms with E-state index >= 15 is 0 Å². The first-order valence-corrected chi connectivity index (χ1v) is 8.96. The Labute approximate surface area is 157 Å². The summed E-state index contributed by atoms with van der Waals surface area (Å²) in [6.45, 7) is 3.74. The van der Waals surface area contributed by atoms with Crippen LogP contribution in [0.15, 0.2) is 48.5 Å². The van der Waals surface area contributed by atoms with Crippen molar-refractivity contribution in [3.05, 3.63) is 70.2 Å². The van der Waals surface area contributed by atoms with Crippen LogP contribution in [0.25, 0.3) is 0 Å². The SMILES string of the molecule is O=C(O)c1ccc(CN2CCN(C(=O)Cc3ccccc3Cl)CC2)cc1. The maximum Gasteiger partial charge on any atom is 0.335 e. The predicted octanol–water partition coefficient (Wildman–Crippen LogP) is 2.93. The van der Waals surface area contributed by atoms with Crippen molar-refractivity contribution in [2.24, 2.45) is 0 Å². The average molecular weight is 373 g/mol. The van der Waals surface area contributed by atoms with Gasteiger partial charge in [0.25, 0.3) is 0 Å². The van der Waals surface area contributed by atoms with Gasteiger partial charge in [-0.05, 0) is 29.3 Å².